The van der Waals surface area contributed by atoms with E-state index in [1.165, 1.54) is 13.8 Å². The summed E-state index contributed by atoms with van der Waals surface area (Å²) in [4.78, 5) is 11.4. The lowest BCUT2D eigenvalue weighted by Crippen LogP contribution is -2.67. The number of unbranched alkanes of at least 4 members (excludes halogenated alkanes) is 1. The molecule has 0 aromatic heterocycles. The van der Waals surface area contributed by atoms with Crippen molar-refractivity contribution in [2.24, 2.45) is 0 Å². The van der Waals surface area contributed by atoms with E-state index in [4.69, 9.17) is 5.26 Å². The van der Waals surface area contributed by atoms with Gasteiger partial charge in [0.2, 0.25) is 0 Å². The lowest BCUT2D eigenvalue weighted by Gasteiger charge is -2.42. The van der Waals surface area contributed by atoms with Crippen molar-refractivity contribution >= 4 is 15.9 Å². The molecule has 6 heteroatoms. The standard InChI is InChI=1S/C8H12N2O3S/c1-8(2)7(11)10(14(8,12)13)6-4-3-5-9/h3-4,6H2,1-2H3. The number of nitrogens with zero attached hydrogens (tertiary/aromatic N) is 2. The lowest BCUT2D eigenvalue weighted by atomic mass is 10.2. The van der Waals surface area contributed by atoms with E-state index in [0.29, 0.717) is 6.42 Å². The molecule has 0 spiro atoms. The maximum Gasteiger partial charge on any atom is 0.258 e. The number of carbonyl (C=O) groups excluding carboxylic acids is 1. The van der Waals surface area contributed by atoms with Crippen molar-refractivity contribution in [2.75, 3.05) is 6.54 Å². The molecule has 1 aliphatic rings. The van der Waals surface area contributed by atoms with E-state index in [9.17, 15) is 13.2 Å². The van der Waals surface area contributed by atoms with Gasteiger partial charge in [-0.1, -0.05) is 0 Å². The normalized spacial score (nSPS) is 22.6. The molecule has 1 saturated heterocycles. The Bertz CT molecular complexity index is 391. The van der Waals surface area contributed by atoms with Crippen LogP contribution >= 0.6 is 0 Å². The van der Waals surface area contributed by atoms with E-state index in [0.717, 1.165) is 4.31 Å². The fourth-order valence-electron chi connectivity index (χ4n) is 1.28. The second-order valence-corrected chi connectivity index (χ2v) is 6.07. The predicted octanol–water partition coefficient (Wildman–Crippen LogP) is 0.241. The fraction of sp³-hybridized carbons (Fsp3) is 0.750. The summed E-state index contributed by atoms with van der Waals surface area (Å²) in [6.45, 7) is 2.91. The van der Waals surface area contributed by atoms with Crippen LogP contribution in [-0.2, 0) is 14.8 Å². The molecule has 5 nitrogen and oxygen atoms in total. The largest absolute Gasteiger partial charge is 0.272 e. The Hall–Kier alpha value is -1.09. The highest BCUT2D eigenvalue weighted by Gasteiger charge is 2.59. The van der Waals surface area contributed by atoms with Gasteiger partial charge in [0.15, 0.2) is 4.75 Å². The third-order valence-corrected chi connectivity index (χ3v) is 4.72. The quantitative estimate of drug-likeness (QED) is 0.633. The summed E-state index contributed by atoms with van der Waals surface area (Å²) in [5, 5.41) is 8.27. The van der Waals surface area contributed by atoms with Crippen LogP contribution in [0.5, 0.6) is 0 Å². The van der Waals surface area contributed by atoms with Crippen LogP contribution in [0.25, 0.3) is 0 Å². The molecule has 0 unspecified atom stereocenters. The SMILES string of the molecule is CC1(C)C(=O)N(CCCC#N)S1(=O)=O. The summed E-state index contributed by atoms with van der Waals surface area (Å²) < 4.78 is 22.6. The van der Waals surface area contributed by atoms with Gasteiger partial charge in [-0.05, 0) is 20.3 Å². The van der Waals surface area contributed by atoms with Gasteiger partial charge in [-0.2, -0.15) is 5.26 Å². The maximum atomic E-state index is 11.5. The van der Waals surface area contributed by atoms with E-state index >= 15 is 0 Å². The van der Waals surface area contributed by atoms with Gasteiger partial charge in [-0.15, -0.1) is 0 Å². The third kappa shape index (κ3) is 1.28. The molecular weight excluding hydrogens is 204 g/mol. The Balaban J connectivity index is 2.68. The highest BCUT2D eigenvalue weighted by molar-refractivity contribution is 7.94. The van der Waals surface area contributed by atoms with Crippen LogP contribution in [0.1, 0.15) is 26.7 Å². The Morgan fingerprint density at radius 2 is 2.07 bits per heavy atom. The second kappa shape index (κ2) is 3.24. The summed E-state index contributed by atoms with van der Waals surface area (Å²) in [5.41, 5.74) is 0. The number of carbonyl (C=O) groups is 1. The molecular formula is C8H12N2O3S. The lowest BCUT2D eigenvalue weighted by molar-refractivity contribution is -0.132. The van der Waals surface area contributed by atoms with Crippen molar-refractivity contribution in [3.05, 3.63) is 0 Å². The summed E-state index contributed by atoms with van der Waals surface area (Å²) in [5.74, 6) is -0.379. The monoisotopic (exact) mass is 216 g/mol. The van der Waals surface area contributed by atoms with Crippen molar-refractivity contribution in [1.82, 2.24) is 4.31 Å². The number of sulfonamides is 1. The average Bonchev–Trinajstić information content (AvgIpc) is 2.11. The molecule has 0 saturated carbocycles. The highest BCUT2D eigenvalue weighted by atomic mass is 32.2. The number of hydrogen-bond acceptors (Lipinski definition) is 4. The zero-order chi connectivity index (χ0) is 11.0. The van der Waals surface area contributed by atoms with Crippen LogP contribution < -0.4 is 0 Å². The summed E-state index contributed by atoms with van der Waals surface area (Å²) in [6, 6.07) is 1.90. The Morgan fingerprint density at radius 1 is 1.50 bits per heavy atom. The van der Waals surface area contributed by atoms with Crippen LogP contribution in [-0.4, -0.2) is 29.9 Å². The number of rotatable bonds is 3. The topological polar surface area (TPSA) is 78.2 Å². The van der Waals surface area contributed by atoms with Gasteiger partial charge in [0, 0.05) is 13.0 Å². The van der Waals surface area contributed by atoms with Crippen LogP contribution in [0.4, 0.5) is 0 Å². The molecule has 78 valence electrons. The maximum absolute atomic E-state index is 11.5. The van der Waals surface area contributed by atoms with Gasteiger partial charge in [-0.3, -0.25) is 4.79 Å². The van der Waals surface area contributed by atoms with Crippen LogP contribution in [0.15, 0.2) is 0 Å². The Labute approximate surface area is 83.4 Å². The molecule has 0 atom stereocenters. The third-order valence-electron chi connectivity index (χ3n) is 2.33. The number of nitriles is 1. The highest BCUT2D eigenvalue weighted by Crippen LogP contribution is 2.34. The molecule has 0 N–H and O–H groups in total. The van der Waals surface area contributed by atoms with Gasteiger partial charge in [0.1, 0.15) is 0 Å². The van der Waals surface area contributed by atoms with E-state index in [1.54, 1.807) is 0 Å². The van der Waals surface area contributed by atoms with Crippen molar-refractivity contribution in [3.8, 4) is 6.07 Å². The van der Waals surface area contributed by atoms with Gasteiger partial charge in [0.05, 0.1) is 6.07 Å². The van der Waals surface area contributed by atoms with E-state index in [2.05, 4.69) is 0 Å². The van der Waals surface area contributed by atoms with E-state index in [-0.39, 0.29) is 18.9 Å². The van der Waals surface area contributed by atoms with Gasteiger partial charge >= 0.3 is 0 Å². The Kier molecular flexibility index (Phi) is 2.54. The minimum Gasteiger partial charge on any atom is -0.272 e. The zero-order valence-corrected chi connectivity index (χ0v) is 8.97. The van der Waals surface area contributed by atoms with Crippen molar-refractivity contribution in [3.63, 3.8) is 0 Å². The first-order valence-electron chi connectivity index (χ1n) is 4.29. The number of hydrogen-bond donors (Lipinski definition) is 0. The number of amides is 1. The van der Waals surface area contributed by atoms with Gasteiger partial charge in [0.25, 0.3) is 15.9 Å². The van der Waals surface area contributed by atoms with Crippen LogP contribution in [0.3, 0.4) is 0 Å². The molecule has 14 heavy (non-hydrogen) atoms. The summed E-state index contributed by atoms with van der Waals surface area (Å²) in [6.07, 6.45) is 0.664. The van der Waals surface area contributed by atoms with Crippen molar-refractivity contribution < 1.29 is 13.2 Å². The molecule has 1 heterocycles. The summed E-state index contributed by atoms with van der Waals surface area (Å²) in [7, 11) is -3.46. The minimum atomic E-state index is -3.46. The molecule has 0 aliphatic carbocycles. The Morgan fingerprint density at radius 3 is 2.50 bits per heavy atom. The second-order valence-electron chi connectivity index (χ2n) is 3.65. The van der Waals surface area contributed by atoms with E-state index < -0.39 is 14.8 Å². The smallest absolute Gasteiger partial charge is 0.258 e. The molecule has 0 aromatic rings. The molecule has 0 aromatic carbocycles. The first kappa shape index (κ1) is 11.0. The predicted molar refractivity (Wildman–Crippen MR) is 49.6 cm³/mol. The minimum absolute atomic E-state index is 0.123. The molecule has 0 radical (unpaired) electrons. The average molecular weight is 216 g/mol. The first-order chi connectivity index (χ1) is 6.35. The molecule has 1 fully saturated rings. The van der Waals surface area contributed by atoms with Crippen LogP contribution in [0.2, 0.25) is 0 Å². The van der Waals surface area contributed by atoms with Crippen LogP contribution in [0, 0.1) is 11.3 Å². The molecule has 1 rings (SSSR count). The van der Waals surface area contributed by atoms with Gasteiger partial charge in [-0.25, -0.2) is 12.7 Å². The van der Waals surface area contributed by atoms with E-state index in [1.807, 2.05) is 6.07 Å². The first-order valence-corrected chi connectivity index (χ1v) is 5.73. The molecule has 1 amide bonds. The fourth-order valence-corrected chi connectivity index (χ4v) is 2.85. The summed E-state index contributed by atoms with van der Waals surface area (Å²) >= 11 is 0. The molecule has 0 bridgehead atoms. The van der Waals surface area contributed by atoms with Gasteiger partial charge < -0.3 is 0 Å². The van der Waals surface area contributed by atoms with Crippen molar-refractivity contribution in [2.45, 2.75) is 31.4 Å². The molecule has 1 aliphatic heterocycles. The zero-order valence-electron chi connectivity index (χ0n) is 8.15. The van der Waals surface area contributed by atoms with Crippen molar-refractivity contribution in [1.29, 1.82) is 5.26 Å².